The molecule has 1 fully saturated rings. The summed E-state index contributed by atoms with van der Waals surface area (Å²) in [5, 5.41) is 12.2. The molecule has 1 heterocycles. The van der Waals surface area contributed by atoms with Gasteiger partial charge < -0.3 is 19.7 Å². The van der Waals surface area contributed by atoms with Crippen LogP contribution in [-0.4, -0.2) is 49.2 Å². The molecule has 1 aliphatic heterocycles. The normalized spacial score (nSPS) is 20.6. The van der Waals surface area contributed by atoms with E-state index in [4.69, 9.17) is 4.74 Å². The molecule has 2 rings (SSSR count). The number of rotatable bonds is 4. The molecule has 2 unspecified atom stereocenters. The zero-order valence-corrected chi connectivity index (χ0v) is 14.5. The van der Waals surface area contributed by atoms with E-state index in [9.17, 15) is 14.9 Å². The number of amides is 1. The minimum atomic E-state index is -0.425. The number of methoxy groups -OCH3 is 1. The summed E-state index contributed by atoms with van der Waals surface area (Å²) in [5.74, 6) is -0.756. The zero-order valence-electron chi connectivity index (χ0n) is 14.5. The van der Waals surface area contributed by atoms with Crippen LogP contribution in [0.4, 0.5) is 5.69 Å². The lowest BCUT2D eigenvalue weighted by molar-refractivity contribution is -0.138. The van der Waals surface area contributed by atoms with Crippen molar-refractivity contribution in [3.63, 3.8) is 0 Å². The van der Waals surface area contributed by atoms with Gasteiger partial charge in [-0.05, 0) is 38.1 Å². The number of nitriles is 1. The first-order chi connectivity index (χ1) is 11.9. The van der Waals surface area contributed by atoms with Crippen molar-refractivity contribution in [3.8, 4) is 6.07 Å². The second-order valence-electron chi connectivity index (χ2n) is 5.85. The first-order valence-corrected chi connectivity index (χ1v) is 7.94. The van der Waals surface area contributed by atoms with E-state index in [1.807, 2.05) is 19.9 Å². The molecule has 0 spiro atoms. The number of esters is 1. The first kappa shape index (κ1) is 18.5. The molecule has 2 atom stereocenters. The van der Waals surface area contributed by atoms with E-state index in [-0.39, 0.29) is 23.7 Å². The van der Waals surface area contributed by atoms with E-state index < -0.39 is 5.97 Å². The van der Waals surface area contributed by atoms with Crippen molar-refractivity contribution in [2.75, 3.05) is 25.5 Å². The van der Waals surface area contributed by atoms with Gasteiger partial charge in [-0.15, -0.1) is 0 Å². The topological polar surface area (TPSA) is 91.7 Å². The van der Waals surface area contributed by atoms with Crippen molar-refractivity contribution in [1.29, 1.82) is 5.26 Å². The Labute approximate surface area is 146 Å². The van der Waals surface area contributed by atoms with Gasteiger partial charge in [-0.3, -0.25) is 4.79 Å². The van der Waals surface area contributed by atoms with Crippen LogP contribution < -0.4 is 5.32 Å². The summed E-state index contributed by atoms with van der Waals surface area (Å²) in [4.78, 5) is 25.5. The summed E-state index contributed by atoms with van der Waals surface area (Å²) in [6.45, 7) is 4.70. The fourth-order valence-electron chi connectivity index (χ4n) is 2.63. The van der Waals surface area contributed by atoms with Gasteiger partial charge in [0.15, 0.2) is 0 Å². The summed E-state index contributed by atoms with van der Waals surface area (Å²) in [6.07, 6.45) is 1.25. The standard InChI is InChI=1S/C18H21N3O4/c1-12-10-21(11-13(2)25-12)17(22)15(8-19)9-20-16-6-4-14(5-7-16)18(23)24-3/h4-7,9,12-13,20H,10-11H2,1-3H3/b15-9-. The highest BCUT2D eigenvalue weighted by molar-refractivity contribution is 5.97. The monoisotopic (exact) mass is 343 g/mol. The minimum absolute atomic E-state index is 0.0124. The van der Waals surface area contributed by atoms with Crippen molar-refractivity contribution in [1.82, 2.24) is 4.90 Å². The van der Waals surface area contributed by atoms with Gasteiger partial charge in [0.25, 0.3) is 5.91 Å². The van der Waals surface area contributed by atoms with Gasteiger partial charge in [0, 0.05) is 25.0 Å². The number of nitrogens with zero attached hydrogens (tertiary/aromatic N) is 2. The molecule has 0 aromatic heterocycles. The van der Waals surface area contributed by atoms with Crippen molar-refractivity contribution < 1.29 is 19.1 Å². The second-order valence-corrected chi connectivity index (χ2v) is 5.85. The van der Waals surface area contributed by atoms with Crippen molar-refractivity contribution in [3.05, 3.63) is 41.6 Å². The third kappa shape index (κ3) is 4.81. The molecule has 0 radical (unpaired) electrons. The lowest BCUT2D eigenvalue weighted by Gasteiger charge is -2.35. The van der Waals surface area contributed by atoms with Crippen LogP contribution in [0.5, 0.6) is 0 Å². The van der Waals surface area contributed by atoms with Crippen LogP contribution in [0, 0.1) is 11.3 Å². The predicted molar refractivity (Wildman–Crippen MR) is 91.7 cm³/mol. The molecular formula is C18H21N3O4. The molecule has 25 heavy (non-hydrogen) atoms. The maximum atomic E-state index is 12.5. The molecule has 0 bridgehead atoms. The highest BCUT2D eigenvalue weighted by atomic mass is 16.5. The molecule has 1 aromatic rings. The molecule has 1 aromatic carbocycles. The highest BCUT2D eigenvalue weighted by Gasteiger charge is 2.27. The third-order valence-electron chi connectivity index (χ3n) is 3.75. The van der Waals surface area contributed by atoms with Crippen LogP contribution in [0.15, 0.2) is 36.0 Å². The summed E-state index contributed by atoms with van der Waals surface area (Å²) in [5.41, 5.74) is 1.08. The van der Waals surface area contributed by atoms with E-state index in [0.717, 1.165) is 0 Å². The maximum Gasteiger partial charge on any atom is 0.337 e. The summed E-state index contributed by atoms with van der Waals surface area (Å²) >= 11 is 0. The van der Waals surface area contributed by atoms with Gasteiger partial charge >= 0.3 is 5.97 Å². The van der Waals surface area contributed by atoms with E-state index >= 15 is 0 Å². The molecule has 7 heteroatoms. The average molecular weight is 343 g/mol. The molecule has 1 amide bonds. The third-order valence-corrected chi connectivity index (χ3v) is 3.75. The molecule has 1 N–H and O–H groups in total. The highest BCUT2D eigenvalue weighted by Crippen LogP contribution is 2.15. The molecule has 0 saturated carbocycles. The van der Waals surface area contributed by atoms with Crippen LogP contribution in [0.2, 0.25) is 0 Å². The Morgan fingerprint density at radius 3 is 2.40 bits per heavy atom. The first-order valence-electron chi connectivity index (χ1n) is 7.94. The Kier molecular flexibility index (Phi) is 6.14. The minimum Gasteiger partial charge on any atom is -0.465 e. The Morgan fingerprint density at radius 2 is 1.88 bits per heavy atom. The summed E-state index contributed by atoms with van der Waals surface area (Å²) in [6, 6.07) is 8.46. The Morgan fingerprint density at radius 1 is 1.28 bits per heavy atom. The number of carbonyl (C=O) groups is 2. The fraction of sp³-hybridized carbons (Fsp3) is 0.389. The summed E-state index contributed by atoms with van der Waals surface area (Å²) in [7, 11) is 1.31. The van der Waals surface area contributed by atoms with Crippen molar-refractivity contribution in [2.24, 2.45) is 0 Å². The number of ether oxygens (including phenoxy) is 2. The van der Waals surface area contributed by atoms with Crippen molar-refractivity contribution in [2.45, 2.75) is 26.1 Å². The fourth-order valence-corrected chi connectivity index (χ4v) is 2.63. The largest absolute Gasteiger partial charge is 0.465 e. The Hall–Kier alpha value is -2.85. The van der Waals surface area contributed by atoms with Crippen LogP contribution in [0.3, 0.4) is 0 Å². The van der Waals surface area contributed by atoms with E-state index in [2.05, 4.69) is 10.1 Å². The number of hydrogen-bond acceptors (Lipinski definition) is 6. The lowest BCUT2D eigenvalue weighted by atomic mass is 10.2. The van der Waals surface area contributed by atoms with Gasteiger partial charge in [-0.25, -0.2) is 4.79 Å². The number of benzene rings is 1. The SMILES string of the molecule is COC(=O)c1ccc(N/C=C(/C#N)C(=O)N2CC(C)OC(C)C2)cc1. The number of carbonyl (C=O) groups excluding carboxylic acids is 2. The Balaban J connectivity index is 2.06. The number of nitrogens with one attached hydrogen (secondary N) is 1. The number of hydrogen-bond donors (Lipinski definition) is 1. The molecule has 1 saturated heterocycles. The van der Waals surface area contributed by atoms with Crippen LogP contribution in [0.25, 0.3) is 0 Å². The van der Waals surface area contributed by atoms with Gasteiger partial charge in [-0.2, -0.15) is 5.26 Å². The number of anilines is 1. The van der Waals surface area contributed by atoms with E-state index in [1.165, 1.54) is 13.3 Å². The molecule has 1 aliphatic rings. The quantitative estimate of drug-likeness (QED) is 0.510. The van der Waals surface area contributed by atoms with Crippen LogP contribution in [-0.2, 0) is 14.3 Å². The van der Waals surface area contributed by atoms with Gasteiger partial charge in [0.2, 0.25) is 0 Å². The van der Waals surface area contributed by atoms with Crippen LogP contribution >= 0.6 is 0 Å². The molecular weight excluding hydrogens is 322 g/mol. The molecule has 7 nitrogen and oxygen atoms in total. The molecule has 132 valence electrons. The summed E-state index contributed by atoms with van der Waals surface area (Å²) < 4.78 is 10.2. The zero-order chi connectivity index (χ0) is 18.4. The smallest absolute Gasteiger partial charge is 0.337 e. The lowest BCUT2D eigenvalue weighted by Crippen LogP contribution is -2.48. The molecule has 0 aliphatic carbocycles. The van der Waals surface area contributed by atoms with Crippen LogP contribution in [0.1, 0.15) is 24.2 Å². The van der Waals surface area contributed by atoms with Gasteiger partial charge in [-0.1, -0.05) is 0 Å². The Bertz CT molecular complexity index is 696. The van der Waals surface area contributed by atoms with Gasteiger partial charge in [0.1, 0.15) is 11.6 Å². The van der Waals surface area contributed by atoms with Gasteiger partial charge in [0.05, 0.1) is 24.9 Å². The number of morpholine rings is 1. The average Bonchev–Trinajstić information content (AvgIpc) is 2.61. The predicted octanol–water partition coefficient (Wildman–Crippen LogP) is 1.93. The van der Waals surface area contributed by atoms with E-state index in [0.29, 0.717) is 24.3 Å². The maximum absolute atomic E-state index is 12.5. The van der Waals surface area contributed by atoms with Crippen molar-refractivity contribution >= 4 is 17.6 Å². The van der Waals surface area contributed by atoms with E-state index in [1.54, 1.807) is 29.2 Å². The second kappa shape index (κ2) is 8.31.